The zero-order valence-electron chi connectivity index (χ0n) is 10.9. The van der Waals surface area contributed by atoms with Crippen molar-refractivity contribution in [3.8, 4) is 0 Å². The van der Waals surface area contributed by atoms with Crippen molar-refractivity contribution in [2.45, 2.75) is 41.0 Å². The summed E-state index contributed by atoms with van der Waals surface area (Å²) < 4.78 is 5.00. The Labute approximate surface area is 97.9 Å². The van der Waals surface area contributed by atoms with Crippen LogP contribution in [0.1, 0.15) is 41.0 Å². The van der Waals surface area contributed by atoms with Gasteiger partial charge < -0.3 is 4.74 Å². The highest BCUT2D eigenvalue weighted by Gasteiger charge is 2.46. The summed E-state index contributed by atoms with van der Waals surface area (Å²) in [6, 6.07) is 0. The van der Waals surface area contributed by atoms with Crippen LogP contribution in [0.5, 0.6) is 0 Å². The molecule has 92 valence electrons. The maximum atomic E-state index is 11.9. The van der Waals surface area contributed by atoms with Gasteiger partial charge in [0.15, 0.2) is 0 Å². The fourth-order valence-electron chi connectivity index (χ4n) is 2.06. The van der Waals surface area contributed by atoms with Crippen molar-refractivity contribution < 1.29 is 14.3 Å². The van der Waals surface area contributed by atoms with E-state index in [1.54, 1.807) is 13.8 Å². The average molecular weight is 226 g/mol. The molecule has 0 saturated carbocycles. The van der Waals surface area contributed by atoms with Crippen LogP contribution in [0.2, 0.25) is 0 Å². The highest BCUT2D eigenvalue weighted by atomic mass is 16.5. The number of carbonyl (C=O) groups is 2. The average Bonchev–Trinajstić information content (AvgIpc) is 2.17. The van der Waals surface area contributed by atoms with E-state index in [0.29, 0.717) is 6.42 Å². The minimum atomic E-state index is -1.10. The van der Waals surface area contributed by atoms with E-state index in [4.69, 9.17) is 4.74 Å². The molecule has 0 aliphatic rings. The lowest BCUT2D eigenvalue weighted by Crippen LogP contribution is -2.43. The molecular weight excluding hydrogens is 204 g/mol. The first kappa shape index (κ1) is 14.9. The van der Waals surface area contributed by atoms with Crippen molar-refractivity contribution in [3.05, 3.63) is 12.2 Å². The van der Waals surface area contributed by atoms with E-state index in [1.165, 1.54) is 6.92 Å². The summed E-state index contributed by atoms with van der Waals surface area (Å²) in [5.74, 6) is -0.776. The molecule has 3 nitrogen and oxygen atoms in total. The minimum absolute atomic E-state index is 0.163. The molecular formula is C13H22O3. The molecule has 0 aromatic heterocycles. The van der Waals surface area contributed by atoms with Crippen LogP contribution in [0.15, 0.2) is 12.2 Å². The number of ketones is 1. The van der Waals surface area contributed by atoms with Crippen molar-refractivity contribution in [3.63, 3.8) is 0 Å². The number of carbonyl (C=O) groups excluding carboxylic acids is 2. The Kier molecular flexibility index (Phi) is 5.42. The van der Waals surface area contributed by atoms with Gasteiger partial charge in [-0.25, -0.2) is 0 Å². The molecule has 0 fully saturated rings. The van der Waals surface area contributed by atoms with Gasteiger partial charge in [-0.1, -0.05) is 19.1 Å². The number of ether oxygens (including phenoxy) is 1. The summed E-state index contributed by atoms with van der Waals surface area (Å²) in [7, 11) is 0. The molecule has 0 aliphatic carbocycles. The monoisotopic (exact) mass is 226 g/mol. The predicted molar refractivity (Wildman–Crippen MR) is 64.0 cm³/mol. The summed E-state index contributed by atoms with van der Waals surface area (Å²) in [5, 5.41) is 0. The van der Waals surface area contributed by atoms with E-state index in [2.05, 4.69) is 6.58 Å². The molecule has 0 bridgehead atoms. The van der Waals surface area contributed by atoms with E-state index in [1.807, 2.05) is 13.8 Å². The summed E-state index contributed by atoms with van der Waals surface area (Å²) in [4.78, 5) is 23.7. The summed E-state index contributed by atoms with van der Waals surface area (Å²) in [5.41, 5.74) is -0.260. The van der Waals surface area contributed by atoms with Crippen LogP contribution in [0, 0.1) is 11.3 Å². The fraction of sp³-hybridized carbons (Fsp3) is 0.692. The molecule has 0 aromatic rings. The van der Waals surface area contributed by atoms with Gasteiger partial charge in [0.25, 0.3) is 0 Å². The lowest BCUT2D eigenvalue weighted by Gasteiger charge is -2.33. The van der Waals surface area contributed by atoms with Gasteiger partial charge in [0, 0.05) is 5.92 Å². The molecule has 2 unspecified atom stereocenters. The van der Waals surface area contributed by atoms with Crippen molar-refractivity contribution in [2.75, 3.05) is 6.61 Å². The molecule has 0 heterocycles. The Hall–Kier alpha value is -1.12. The Morgan fingerprint density at radius 3 is 2.06 bits per heavy atom. The van der Waals surface area contributed by atoms with E-state index in [9.17, 15) is 9.59 Å². The number of esters is 1. The van der Waals surface area contributed by atoms with Gasteiger partial charge in [-0.15, -0.1) is 0 Å². The van der Waals surface area contributed by atoms with Crippen molar-refractivity contribution >= 4 is 11.8 Å². The highest BCUT2D eigenvalue weighted by molar-refractivity contribution is 6.03. The molecule has 0 saturated heterocycles. The predicted octanol–water partition coefficient (Wildman–Crippen LogP) is 2.75. The maximum absolute atomic E-state index is 11.9. The van der Waals surface area contributed by atoms with E-state index < -0.39 is 11.4 Å². The number of Topliss-reactive ketones (excluding diaryl/α,β-unsaturated/α-hetero) is 1. The first-order valence-corrected chi connectivity index (χ1v) is 5.65. The van der Waals surface area contributed by atoms with Crippen LogP contribution >= 0.6 is 0 Å². The molecule has 3 heteroatoms. The van der Waals surface area contributed by atoms with Crippen molar-refractivity contribution in [1.82, 2.24) is 0 Å². The number of hydrogen-bond acceptors (Lipinski definition) is 3. The zero-order chi connectivity index (χ0) is 12.9. The van der Waals surface area contributed by atoms with E-state index in [-0.39, 0.29) is 18.3 Å². The van der Waals surface area contributed by atoms with Crippen LogP contribution in [-0.2, 0) is 14.3 Å². The Balaban J connectivity index is 5.31. The van der Waals surface area contributed by atoms with E-state index in [0.717, 1.165) is 5.57 Å². The fourth-order valence-corrected chi connectivity index (χ4v) is 2.06. The maximum Gasteiger partial charge on any atom is 0.319 e. The van der Waals surface area contributed by atoms with Crippen LogP contribution in [0.4, 0.5) is 0 Å². The molecule has 0 radical (unpaired) electrons. The van der Waals surface area contributed by atoms with Crippen molar-refractivity contribution in [2.24, 2.45) is 11.3 Å². The second kappa shape index (κ2) is 5.83. The summed E-state index contributed by atoms with van der Waals surface area (Å²) in [6.45, 7) is 12.7. The second-order valence-electron chi connectivity index (χ2n) is 4.29. The smallest absolute Gasteiger partial charge is 0.319 e. The van der Waals surface area contributed by atoms with Gasteiger partial charge in [0.1, 0.15) is 11.2 Å². The van der Waals surface area contributed by atoms with Gasteiger partial charge in [0.05, 0.1) is 6.61 Å². The Bertz CT molecular complexity index is 294. The third-order valence-electron chi connectivity index (χ3n) is 3.13. The molecule has 0 aliphatic heterocycles. The molecule has 0 N–H and O–H groups in total. The summed E-state index contributed by atoms with van der Waals surface area (Å²) in [6.07, 6.45) is 0.699. The largest absolute Gasteiger partial charge is 0.465 e. The third kappa shape index (κ3) is 2.71. The molecule has 2 atom stereocenters. The molecule has 0 amide bonds. The van der Waals surface area contributed by atoms with Crippen LogP contribution in [0.25, 0.3) is 0 Å². The van der Waals surface area contributed by atoms with Crippen LogP contribution in [-0.4, -0.2) is 18.4 Å². The second-order valence-corrected chi connectivity index (χ2v) is 4.29. The normalized spacial score (nSPS) is 16.1. The van der Waals surface area contributed by atoms with Gasteiger partial charge in [-0.3, -0.25) is 9.59 Å². The number of allylic oxidation sites excluding steroid dienone is 1. The highest BCUT2D eigenvalue weighted by Crippen LogP contribution is 2.36. The molecule has 0 spiro atoms. The zero-order valence-corrected chi connectivity index (χ0v) is 10.9. The van der Waals surface area contributed by atoms with E-state index >= 15 is 0 Å². The van der Waals surface area contributed by atoms with Crippen molar-refractivity contribution in [1.29, 1.82) is 0 Å². The van der Waals surface area contributed by atoms with Crippen LogP contribution < -0.4 is 0 Å². The standard InChI is InChI=1S/C13H22O3/c1-7-11(9(3)4)13(6,10(5)14)12(15)16-8-2/h11H,3,7-8H2,1-2,4-6H3. The van der Waals surface area contributed by atoms with Gasteiger partial charge in [-0.05, 0) is 34.1 Å². The third-order valence-corrected chi connectivity index (χ3v) is 3.13. The first-order chi connectivity index (χ1) is 7.32. The topological polar surface area (TPSA) is 43.4 Å². The summed E-state index contributed by atoms with van der Waals surface area (Å²) >= 11 is 0. The van der Waals surface area contributed by atoms with Gasteiger partial charge in [-0.2, -0.15) is 0 Å². The molecule has 0 rings (SSSR count). The molecule has 0 aromatic carbocycles. The van der Waals surface area contributed by atoms with Gasteiger partial charge >= 0.3 is 5.97 Å². The lowest BCUT2D eigenvalue weighted by atomic mass is 9.70. The van der Waals surface area contributed by atoms with Crippen LogP contribution in [0.3, 0.4) is 0 Å². The Morgan fingerprint density at radius 2 is 1.81 bits per heavy atom. The first-order valence-electron chi connectivity index (χ1n) is 5.65. The lowest BCUT2D eigenvalue weighted by molar-refractivity contribution is -0.161. The minimum Gasteiger partial charge on any atom is -0.465 e. The number of hydrogen-bond donors (Lipinski definition) is 0. The number of rotatable bonds is 6. The van der Waals surface area contributed by atoms with Gasteiger partial charge in [0.2, 0.25) is 0 Å². The Morgan fingerprint density at radius 1 is 1.31 bits per heavy atom. The SMILES string of the molecule is C=C(C)C(CC)C(C)(C(C)=O)C(=O)OCC. The quantitative estimate of drug-likeness (QED) is 0.397. The molecule has 16 heavy (non-hydrogen) atoms.